The van der Waals surface area contributed by atoms with Gasteiger partial charge >= 0.3 is 0 Å². The molecule has 0 spiro atoms. The van der Waals surface area contributed by atoms with Crippen LogP contribution in [0.1, 0.15) is 38.7 Å². The van der Waals surface area contributed by atoms with Crippen molar-refractivity contribution in [2.75, 3.05) is 6.54 Å². The van der Waals surface area contributed by atoms with E-state index < -0.39 is 0 Å². The van der Waals surface area contributed by atoms with Crippen LogP contribution < -0.4 is 0 Å². The number of hydrogen-bond acceptors (Lipinski definition) is 1. The van der Waals surface area contributed by atoms with Gasteiger partial charge in [0.25, 0.3) is 0 Å². The van der Waals surface area contributed by atoms with Crippen molar-refractivity contribution in [2.45, 2.75) is 51.6 Å². The van der Waals surface area contributed by atoms with Crippen LogP contribution in [0.15, 0.2) is 28.9 Å². The molecule has 4 heteroatoms. The smallest absolute Gasteiger partial charge is 0.0457 e. The third-order valence-electron chi connectivity index (χ3n) is 4.74. The number of rotatable bonds is 3. The van der Waals surface area contributed by atoms with Crippen molar-refractivity contribution < 1.29 is 0 Å². The summed E-state index contributed by atoms with van der Waals surface area (Å²) in [7, 11) is 0. The minimum Gasteiger partial charge on any atom is -0.361 e. The fourth-order valence-corrected chi connectivity index (χ4v) is 3.88. The number of nitrogens with one attached hydrogen (secondary N) is 1. The molecule has 0 amide bonds. The molecule has 3 rings (SSSR count). The molecule has 0 radical (unpaired) electrons. The first-order valence-corrected chi connectivity index (χ1v) is 8.45. The number of piperidine rings is 1. The minimum atomic E-state index is 0. The van der Waals surface area contributed by atoms with Crippen LogP contribution in [0.5, 0.6) is 0 Å². The molecule has 1 aliphatic rings. The number of aromatic amines is 1. The summed E-state index contributed by atoms with van der Waals surface area (Å²) in [4.78, 5) is 6.07. The fourth-order valence-electron chi connectivity index (χ4n) is 3.52. The van der Waals surface area contributed by atoms with Crippen molar-refractivity contribution in [1.82, 2.24) is 9.88 Å². The Morgan fingerprint density at radius 2 is 1.95 bits per heavy atom. The Labute approximate surface area is 141 Å². The zero-order valence-electron chi connectivity index (χ0n) is 12.7. The zero-order chi connectivity index (χ0) is 14.1. The first kappa shape index (κ1) is 16.9. The second kappa shape index (κ2) is 7.17. The average molecular weight is 372 g/mol. The topological polar surface area (TPSA) is 19.0 Å². The molecule has 1 aromatic heterocycles. The molecule has 2 nitrogen and oxygen atoms in total. The largest absolute Gasteiger partial charge is 0.361 e. The summed E-state index contributed by atoms with van der Waals surface area (Å²) >= 11 is 3.57. The number of fused-ring (bicyclic) bond motifs is 1. The molecule has 2 heterocycles. The highest BCUT2D eigenvalue weighted by molar-refractivity contribution is 9.10. The Bertz CT molecular complexity index is 585. The predicted octanol–water partition coefficient (Wildman–Crippen LogP) is 5.16. The van der Waals surface area contributed by atoms with E-state index in [0.717, 1.165) is 23.0 Å². The molecule has 0 aliphatic carbocycles. The summed E-state index contributed by atoms with van der Waals surface area (Å²) in [5.74, 6) is 0. The van der Waals surface area contributed by atoms with E-state index >= 15 is 0 Å². The zero-order valence-corrected chi connectivity index (χ0v) is 15.1. The highest BCUT2D eigenvalue weighted by atomic mass is 79.9. The molecule has 1 fully saturated rings. The summed E-state index contributed by atoms with van der Waals surface area (Å²) in [5.41, 5.74) is 2.68. The van der Waals surface area contributed by atoms with Crippen LogP contribution in [-0.2, 0) is 6.42 Å². The van der Waals surface area contributed by atoms with Gasteiger partial charge in [0.1, 0.15) is 0 Å². The number of H-pyrrole nitrogens is 1. The second-order valence-electron chi connectivity index (χ2n) is 6.12. The van der Waals surface area contributed by atoms with Crippen LogP contribution in [0, 0.1) is 0 Å². The molecular weight excluding hydrogens is 348 g/mol. The van der Waals surface area contributed by atoms with Gasteiger partial charge in [0.05, 0.1) is 0 Å². The van der Waals surface area contributed by atoms with Gasteiger partial charge in [0.2, 0.25) is 0 Å². The Kier molecular flexibility index (Phi) is 5.75. The third kappa shape index (κ3) is 3.64. The highest BCUT2D eigenvalue weighted by Gasteiger charge is 2.24. The molecule has 0 unspecified atom stereocenters. The fraction of sp³-hybridized carbons (Fsp3) is 0.529. The van der Waals surface area contributed by atoms with Crippen molar-refractivity contribution in [1.29, 1.82) is 0 Å². The van der Waals surface area contributed by atoms with Gasteiger partial charge < -0.3 is 4.98 Å². The molecular formula is C17H24BrClN2. The van der Waals surface area contributed by atoms with Crippen molar-refractivity contribution in [3.8, 4) is 0 Å². The molecule has 0 bridgehead atoms. The molecule has 116 valence electrons. The minimum absolute atomic E-state index is 0. The molecule has 1 aromatic carbocycles. The Balaban J connectivity index is 0.00000161. The molecule has 2 aromatic rings. The SMILES string of the molecule is C[C@@H]1CCC[C@H](C)N1CCc1c[nH]c2ccc(Br)cc12.Cl. The molecule has 21 heavy (non-hydrogen) atoms. The molecule has 1 saturated heterocycles. The van der Waals surface area contributed by atoms with Gasteiger partial charge in [-0.05, 0) is 56.9 Å². The van der Waals surface area contributed by atoms with Crippen LogP contribution >= 0.6 is 28.3 Å². The van der Waals surface area contributed by atoms with Crippen molar-refractivity contribution in [3.63, 3.8) is 0 Å². The maximum absolute atomic E-state index is 3.57. The first-order chi connectivity index (χ1) is 9.65. The maximum Gasteiger partial charge on any atom is 0.0457 e. The van der Waals surface area contributed by atoms with Crippen molar-refractivity contribution in [3.05, 3.63) is 34.4 Å². The van der Waals surface area contributed by atoms with Gasteiger partial charge in [-0.2, -0.15) is 0 Å². The van der Waals surface area contributed by atoms with Crippen LogP contribution in [0.4, 0.5) is 0 Å². The standard InChI is InChI=1S/C17H23BrN2.ClH/c1-12-4-3-5-13(2)20(12)9-8-14-11-19-17-7-6-15(18)10-16(14)17;/h6-7,10-13,19H,3-5,8-9H2,1-2H3;1H/t12-,13+;. The normalized spacial score (nSPS) is 23.2. The van der Waals surface area contributed by atoms with E-state index in [1.54, 1.807) is 0 Å². The van der Waals surface area contributed by atoms with Gasteiger partial charge in [0, 0.05) is 40.2 Å². The molecule has 2 atom stereocenters. The first-order valence-electron chi connectivity index (χ1n) is 7.66. The Hall–Kier alpha value is -0.510. The van der Waals surface area contributed by atoms with Crippen molar-refractivity contribution >= 4 is 39.2 Å². The van der Waals surface area contributed by atoms with Crippen LogP contribution in [0.3, 0.4) is 0 Å². The van der Waals surface area contributed by atoms with E-state index in [0.29, 0.717) is 0 Å². The summed E-state index contributed by atoms with van der Waals surface area (Å²) < 4.78 is 1.16. The lowest BCUT2D eigenvalue weighted by atomic mass is 9.97. The lowest BCUT2D eigenvalue weighted by Crippen LogP contribution is -2.44. The lowest BCUT2D eigenvalue weighted by molar-refractivity contribution is 0.105. The number of aromatic nitrogens is 1. The quantitative estimate of drug-likeness (QED) is 0.789. The predicted molar refractivity (Wildman–Crippen MR) is 96.4 cm³/mol. The monoisotopic (exact) mass is 370 g/mol. The number of benzene rings is 1. The van der Waals surface area contributed by atoms with Gasteiger partial charge in [-0.15, -0.1) is 12.4 Å². The van der Waals surface area contributed by atoms with E-state index in [1.807, 2.05) is 0 Å². The summed E-state index contributed by atoms with van der Waals surface area (Å²) in [5, 5.41) is 1.36. The van der Waals surface area contributed by atoms with Crippen LogP contribution in [-0.4, -0.2) is 28.5 Å². The highest BCUT2D eigenvalue weighted by Crippen LogP contribution is 2.26. The Morgan fingerprint density at radius 3 is 2.67 bits per heavy atom. The summed E-state index contributed by atoms with van der Waals surface area (Å²) in [6, 6.07) is 7.93. The summed E-state index contributed by atoms with van der Waals surface area (Å²) in [6.07, 6.45) is 7.40. The van der Waals surface area contributed by atoms with E-state index in [2.05, 4.69) is 64.1 Å². The molecule has 1 aliphatic heterocycles. The van der Waals surface area contributed by atoms with Crippen molar-refractivity contribution in [2.24, 2.45) is 0 Å². The van der Waals surface area contributed by atoms with Gasteiger partial charge in [-0.3, -0.25) is 4.90 Å². The van der Waals surface area contributed by atoms with E-state index in [4.69, 9.17) is 0 Å². The van der Waals surface area contributed by atoms with Gasteiger partial charge in [-0.1, -0.05) is 22.4 Å². The summed E-state index contributed by atoms with van der Waals surface area (Å²) in [6.45, 7) is 5.92. The number of nitrogens with zero attached hydrogens (tertiary/aromatic N) is 1. The average Bonchev–Trinajstić information content (AvgIpc) is 2.81. The Morgan fingerprint density at radius 1 is 1.24 bits per heavy atom. The van der Waals surface area contributed by atoms with Gasteiger partial charge in [0.15, 0.2) is 0 Å². The molecule has 0 saturated carbocycles. The van der Waals surface area contributed by atoms with E-state index in [-0.39, 0.29) is 12.4 Å². The number of hydrogen-bond donors (Lipinski definition) is 1. The lowest BCUT2D eigenvalue weighted by Gasteiger charge is -2.39. The van der Waals surface area contributed by atoms with E-state index in [1.165, 1.54) is 42.3 Å². The van der Waals surface area contributed by atoms with Gasteiger partial charge in [-0.25, -0.2) is 0 Å². The van der Waals surface area contributed by atoms with Crippen LogP contribution in [0.25, 0.3) is 10.9 Å². The number of likely N-dealkylation sites (tertiary alicyclic amines) is 1. The van der Waals surface area contributed by atoms with E-state index in [9.17, 15) is 0 Å². The second-order valence-corrected chi connectivity index (χ2v) is 7.04. The third-order valence-corrected chi connectivity index (χ3v) is 5.24. The maximum atomic E-state index is 3.57. The molecule has 1 N–H and O–H groups in total. The number of halogens is 2. The van der Waals surface area contributed by atoms with Crippen LogP contribution in [0.2, 0.25) is 0 Å².